The molecule has 1 aliphatic rings. The highest BCUT2D eigenvalue weighted by Gasteiger charge is 2.39. The summed E-state index contributed by atoms with van der Waals surface area (Å²) in [4.78, 5) is 43.6. The minimum Gasteiger partial charge on any atom is -0.326 e. The van der Waals surface area contributed by atoms with Crippen molar-refractivity contribution in [2.24, 2.45) is 11.8 Å². The van der Waals surface area contributed by atoms with Crippen molar-refractivity contribution in [3.8, 4) is 5.69 Å². The number of hydrogen-bond acceptors (Lipinski definition) is 5. The molecule has 1 fully saturated rings. The maximum atomic E-state index is 12.8. The summed E-state index contributed by atoms with van der Waals surface area (Å²) in [5.41, 5.74) is 2.30. The number of aromatic amines is 1. The Balaban J connectivity index is 1.37. The fourth-order valence-electron chi connectivity index (χ4n) is 3.62. The van der Waals surface area contributed by atoms with Crippen LogP contribution in [-0.4, -0.2) is 31.6 Å². The first-order valence-corrected chi connectivity index (χ1v) is 10.2. The first kappa shape index (κ1) is 19.7. The zero-order valence-electron chi connectivity index (χ0n) is 17.2. The third kappa shape index (κ3) is 3.64. The number of rotatable bonds is 5. The lowest BCUT2D eigenvalue weighted by molar-refractivity contribution is -0.117. The molecular formula is C23H20N6O3. The Morgan fingerprint density at radius 2 is 1.84 bits per heavy atom. The summed E-state index contributed by atoms with van der Waals surface area (Å²) < 4.78 is 1.51. The lowest BCUT2D eigenvalue weighted by Gasteiger charge is -2.12. The Kier molecular flexibility index (Phi) is 4.78. The van der Waals surface area contributed by atoms with Gasteiger partial charge in [0, 0.05) is 17.2 Å². The van der Waals surface area contributed by atoms with Crippen LogP contribution >= 0.6 is 0 Å². The minimum atomic E-state index is -0.312. The van der Waals surface area contributed by atoms with Gasteiger partial charge in [0.1, 0.15) is 5.39 Å². The smallest absolute Gasteiger partial charge is 0.261 e. The molecule has 160 valence electrons. The van der Waals surface area contributed by atoms with Gasteiger partial charge in [-0.15, -0.1) is 0 Å². The van der Waals surface area contributed by atoms with Gasteiger partial charge in [-0.3, -0.25) is 14.4 Å². The van der Waals surface area contributed by atoms with Gasteiger partial charge in [-0.25, -0.2) is 9.67 Å². The summed E-state index contributed by atoms with van der Waals surface area (Å²) >= 11 is 0. The molecule has 2 atom stereocenters. The number of nitrogens with zero attached hydrogens (tertiary/aromatic N) is 3. The molecule has 5 rings (SSSR count). The second-order valence-electron chi connectivity index (χ2n) is 7.88. The van der Waals surface area contributed by atoms with Crippen LogP contribution in [0.5, 0.6) is 0 Å². The lowest BCUT2D eigenvalue weighted by Crippen LogP contribution is -2.16. The van der Waals surface area contributed by atoms with Crippen LogP contribution in [-0.2, 0) is 4.79 Å². The van der Waals surface area contributed by atoms with Crippen molar-refractivity contribution >= 4 is 34.2 Å². The molecule has 9 nitrogen and oxygen atoms in total. The van der Waals surface area contributed by atoms with E-state index in [1.807, 2.05) is 6.07 Å². The van der Waals surface area contributed by atoms with E-state index in [-0.39, 0.29) is 23.3 Å². The maximum absolute atomic E-state index is 12.8. The summed E-state index contributed by atoms with van der Waals surface area (Å²) in [7, 11) is 0. The molecule has 1 saturated carbocycles. The van der Waals surface area contributed by atoms with E-state index in [2.05, 4.69) is 32.6 Å². The van der Waals surface area contributed by atoms with E-state index >= 15 is 0 Å². The Labute approximate surface area is 182 Å². The number of amides is 2. The fourth-order valence-corrected chi connectivity index (χ4v) is 3.62. The van der Waals surface area contributed by atoms with Crippen molar-refractivity contribution in [2.75, 3.05) is 10.6 Å². The largest absolute Gasteiger partial charge is 0.326 e. The fraction of sp³-hybridized carbons (Fsp3) is 0.174. The highest BCUT2D eigenvalue weighted by Crippen LogP contribution is 2.38. The van der Waals surface area contributed by atoms with Gasteiger partial charge in [0.2, 0.25) is 5.91 Å². The highest BCUT2D eigenvalue weighted by molar-refractivity contribution is 6.06. The molecule has 32 heavy (non-hydrogen) atoms. The van der Waals surface area contributed by atoms with Crippen molar-refractivity contribution in [1.29, 1.82) is 0 Å². The number of fused-ring (bicyclic) bond motifs is 1. The van der Waals surface area contributed by atoms with Gasteiger partial charge in [0.05, 0.1) is 23.9 Å². The maximum Gasteiger partial charge on any atom is 0.261 e. The molecule has 2 amide bonds. The van der Waals surface area contributed by atoms with Gasteiger partial charge >= 0.3 is 0 Å². The number of para-hydroxylation sites is 2. The molecule has 1 aliphatic carbocycles. The second-order valence-corrected chi connectivity index (χ2v) is 7.88. The third-order valence-electron chi connectivity index (χ3n) is 5.61. The number of carbonyl (C=O) groups is 2. The molecule has 2 unspecified atom stereocenters. The monoisotopic (exact) mass is 428 g/mol. The molecule has 0 bridgehead atoms. The summed E-state index contributed by atoms with van der Waals surface area (Å²) in [6, 6.07) is 13.9. The predicted octanol–water partition coefficient (Wildman–Crippen LogP) is 2.96. The lowest BCUT2D eigenvalue weighted by atomic mass is 10.1. The van der Waals surface area contributed by atoms with Crippen LogP contribution in [0.3, 0.4) is 0 Å². The number of nitrogens with one attached hydrogen (secondary N) is 3. The molecule has 0 radical (unpaired) electrons. The standard InChI is InChI=1S/C23H20N6O3/c1-13-10-16(13)23(32)27-15-8-6-14(7-9-15)21(30)28-18-4-2-3-5-19(18)29-20-17(11-26-29)22(31)25-12-24-20/h2-9,11-13,16H,10H2,1H3,(H,27,32)(H,28,30)(H,24,25,31). The SMILES string of the molecule is CC1CC1C(=O)Nc1ccc(C(=O)Nc2ccccc2-n2ncc3c(=O)[nH]cnc32)cc1. The number of aromatic nitrogens is 4. The van der Waals surface area contributed by atoms with Gasteiger partial charge in [-0.2, -0.15) is 5.10 Å². The van der Waals surface area contributed by atoms with Gasteiger partial charge < -0.3 is 15.6 Å². The molecule has 2 aromatic carbocycles. The number of H-pyrrole nitrogens is 1. The third-order valence-corrected chi connectivity index (χ3v) is 5.61. The Hall–Kier alpha value is -4.27. The predicted molar refractivity (Wildman–Crippen MR) is 120 cm³/mol. The van der Waals surface area contributed by atoms with E-state index in [9.17, 15) is 14.4 Å². The average Bonchev–Trinajstić information content (AvgIpc) is 3.37. The van der Waals surface area contributed by atoms with E-state index in [1.54, 1.807) is 42.5 Å². The molecule has 3 N–H and O–H groups in total. The van der Waals surface area contributed by atoms with E-state index < -0.39 is 0 Å². The molecule has 0 aliphatic heterocycles. The van der Waals surface area contributed by atoms with Gasteiger partial charge in [-0.05, 0) is 48.7 Å². The zero-order chi connectivity index (χ0) is 22.2. The van der Waals surface area contributed by atoms with Crippen LogP contribution in [0.2, 0.25) is 0 Å². The van der Waals surface area contributed by atoms with Crippen LogP contribution in [0.1, 0.15) is 23.7 Å². The summed E-state index contributed by atoms with van der Waals surface area (Å²) in [6.45, 7) is 2.05. The molecule has 4 aromatic rings. The number of hydrogen-bond donors (Lipinski definition) is 3. The molecule has 9 heteroatoms. The van der Waals surface area contributed by atoms with Crippen molar-refractivity contribution < 1.29 is 9.59 Å². The zero-order valence-corrected chi connectivity index (χ0v) is 17.2. The first-order valence-electron chi connectivity index (χ1n) is 10.2. The molecule has 2 aromatic heterocycles. The van der Waals surface area contributed by atoms with Crippen molar-refractivity contribution in [1.82, 2.24) is 19.7 Å². The molecule has 0 saturated heterocycles. The van der Waals surface area contributed by atoms with Gasteiger partial charge in [0.15, 0.2) is 5.65 Å². The Bertz CT molecular complexity index is 1390. The van der Waals surface area contributed by atoms with Gasteiger partial charge in [-0.1, -0.05) is 19.1 Å². The van der Waals surface area contributed by atoms with E-state index in [0.29, 0.717) is 39.6 Å². The molecular weight excluding hydrogens is 408 g/mol. The van der Waals surface area contributed by atoms with Crippen LogP contribution in [0, 0.1) is 11.8 Å². The highest BCUT2D eigenvalue weighted by atomic mass is 16.2. The summed E-state index contributed by atoms with van der Waals surface area (Å²) in [5.74, 6) is 0.217. The van der Waals surface area contributed by atoms with E-state index in [4.69, 9.17) is 0 Å². The first-order chi connectivity index (χ1) is 15.5. The van der Waals surface area contributed by atoms with Gasteiger partial charge in [0.25, 0.3) is 11.5 Å². The van der Waals surface area contributed by atoms with Crippen molar-refractivity contribution in [3.63, 3.8) is 0 Å². The number of anilines is 2. The number of benzene rings is 2. The van der Waals surface area contributed by atoms with Crippen LogP contribution in [0.15, 0.2) is 65.8 Å². The topological polar surface area (TPSA) is 122 Å². The van der Waals surface area contributed by atoms with Crippen LogP contribution < -0.4 is 16.2 Å². The summed E-state index contributed by atoms with van der Waals surface area (Å²) in [5, 5.41) is 10.4. The average molecular weight is 428 g/mol. The van der Waals surface area contributed by atoms with E-state index in [0.717, 1.165) is 6.42 Å². The summed E-state index contributed by atoms with van der Waals surface area (Å²) in [6.07, 6.45) is 3.67. The Morgan fingerprint density at radius 1 is 1.09 bits per heavy atom. The van der Waals surface area contributed by atoms with Crippen LogP contribution in [0.25, 0.3) is 16.7 Å². The Morgan fingerprint density at radius 3 is 2.59 bits per heavy atom. The normalized spacial score (nSPS) is 17.2. The van der Waals surface area contributed by atoms with Crippen molar-refractivity contribution in [3.05, 3.63) is 77.0 Å². The second kappa shape index (κ2) is 7.77. The van der Waals surface area contributed by atoms with Crippen molar-refractivity contribution in [2.45, 2.75) is 13.3 Å². The minimum absolute atomic E-state index is 0.0162. The van der Waals surface area contributed by atoms with E-state index in [1.165, 1.54) is 17.2 Å². The quantitative estimate of drug-likeness (QED) is 0.451. The molecule has 2 heterocycles. The number of carbonyl (C=O) groups excluding carboxylic acids is 2. The molecule has 0 spiro atoms. The van der Waals surface area contributed by atoms with Crippen LogP contribution in [0.4, 0.5) is 11.4 Å².